The Kier molecular flexibility index (Phi) is 14.5. The predicted molar refractivity (Wildman–Crippen MR) is 143 cm³/mol. The van der Waals surface area contributed by atoms with Crippen LogP contribution in [0.2, 0.25) is 30.2 Å². The zero-order valence-corrected chi connectivity index (χ0v) is 24.1. The molecule has 0 N–H and O–H groups in total. The molecule has 1 saturated heterocycles. The van der Waals surface area contributed by atoms with Crippen molar-refractivity contribution in [2.75, 3.05) is 0 Å². The van der Waals surface area contributed by atoms with Gasteiger partial charge in [0.1, 0.15) is 0 Å². The highest BCUT2D eigenvalue weighted by atomic mass is 29.3. The lowest BCUT2D eigenvalue weighted by Gasteiger charge is -2.58. The molecule has 0 aliphatic carbocycles. The van der Waals surface area contributed by atoms with Gasteiger partial charge in [-0.2, -0.15) is 0 Å². The molecule has 0 amide bonds. The Morgan fingerprint density at radius 3 is 1.37 bits per heavy atom. The van der Waals surface area contributed by atoms with E-state index in [9.17, 15) is 0 Å². The van der Waals surface area contributed by atoms with E-state index in [2.05, 4.69) is 41.5 Å². The summed E-state index contributed by atoms with van der Waals surface area (Å²) in [6, 6.07) is 7.83. The van der Waals surface area contributed by atoms with Crippen LogP contribution in [-0.2, 0) is 4.43 Å². The minimum atomic E-state index is -1.68. The zero-order chi connectivity index (χ0) is 22.3. The maximum atomic E-state index is 7.88. The lowest BCUT2D eigenvalue weighted by atomic mass is 9.88. The molecule has 180 valence electrons. The van der Waals surface area contributed by atoms with E-state index in [-0.39, 0.29) is 5.60 Å². The van der Waals surface area contributed by atoms with Crippen molar-refractivity contribution < 1.29 is 4.43 Å². The van der Waals surface area contributed by atoms with Crippen LogP contribution in [0.1, 0.15) is 138 Å². The van der Waals surface area contributed by atoms with Gasteiger partial charge in [0.15, 0.2) is 7.83 Å². The van der Waals surface area contributed by atoms with Gasteiger partial charge in [-0.15, -0.1) is 0 Å². The first-order chi connectivity index (χ1) is 14.5. The molecule has 1 aliphatic rings. The van der Waals surface area contributed by atoms with Gasteiger partial charge < -0.3 is 4.43 Å². The SMILES string of the molecule is CCCCC1(CCCC)CC[Si](CCCC)(CCCC)[Si](CCCC)(CCCC)O1. The highest BCUT2D eigenvalue weighted by Gasteiger charge is 2.60. The van der Waals surface area contributed by atoms with Gasteiger partial charge in [0.2, 0.25) is 0 Å². The summed E-state index contributed by atoms with van der Waals surface area (Å²) in [5.74, 6) is 0. The third-order valence-electron chi connectivity index (χ3n) is 8.30. The molecule has 3 heteroatoms. The Labute approximate surface area is 193 Å². The molecule has 0 aromatic carbocycles. The molecule has 1 heterocycles. The summed E-state index contributed by atoms with van der Waals surface area (Å²) >= 11 is 0. The van der Waals surface area contributed by atoms with Crippen LogP contribution in [0.5, 0.6) is 0 Å². The second-order valence-corrected chi connectivity index (χ2v) is 23.9. The van der Waals surface area contributed by atoms with Crippen LogP contribution in [0, 0.1) is 0 Å². The summed E-state index contributed by atoms with van der Waals surface area (Å²) in [5.41, 5.74) is 0.259. The molecular formula is C27H58OSi2. The van der Waals surface area contributed by atoms with E-state index < -0.39 is 15.4 Å². The van der Waals surface area contributed by atoms with Crippen LogP contribution in [0.4, 0.5) is 0 Å². The molecule has 1 nitrogen and oxygen atoms in total. The molecule has 0 aromatic heterocycles. The fourth-order valence-electron chi connectivity index (χ4n) is 6.29. The van der Waals surface area contributed by atoms with Crippen LogP contribution >= 0.6 is 0 Å². The fraction of sp³-hybridized carbons (Fsp3) is 1.00. The Balaban J connectivity index is 3.39. The highest BCUT2D eigenvalue weighted by Crippen LogP contribution is 2.52. The van der Waals surface area contributed by atoms with Crippen molar-refractivity contribution in [2.24, 2.45) is 0 Å². The maximum absolute atomic E-state index is 7.88. The molecular weight excluding hydrogens is 396 g/mol. The molecule has 0 unspecified atom stereocenters. The number of unbranched alkanes of at least 4 members (excludes halogenated alkanes) is 6. The molecule has 0 bridgehead atoms. The van der Waals surface area contributed by atoms with Crippen LogP contribution < -0.4 is 0 Å². The van der Waals surface area contributed by atoms with Crippen molar-refractivity contribution in [1.29, 1.82) is 0 Å². The third kappa shape index (κ3) is 7.76. The largest absolute Gasteiger partial charge is 0.414 e. The first kappa shape index (κ1) is 28.4. The summed E-state index contributed by atoms with van der Waals surface area (Å²) in [7, 11) is -3.00. The number of hydrogen-bond acceptors (Lipinski definition) is 1. The van der Waals surface area contributed by atoms with E-state index in [4.69, 9.17) is 4.43 Å². The van der Waals surface area contributed by atoms with Gasteiger partial charge in [-0.3, -0.25) is 0 Å². The molecule has 1 fully saturated rings. The lowest BCUT2D eigenvalue weighted by molar-refractivity contribution is 0.0268. The van der Waals surface area contributed by atoms with Crippen molar-refractivity contribution >= 4 is 15.4 Å². The Morgan fingerprint density at radius 1 is 0.567 bits per heavy atom. The molecule has 1 aliphatic heterocycles. The number of rotatable bonds is 18. The van der Waals surface area contributed by atoms with E-state index in [0.717, 1.165) is 0 Å². The van der Waals surface area contributed by atoms with Crippen LogP contribution in [0.3, 0.4) is 0 Å². The average Bonchev–Trinajstić information content (AvgIpc) is 2.77. The van der Waals surface area contributed by atoms with E-state index in [0.29, 0.717) is 0 Å². The minimum Gasteiger partial charge on any atom is -0.414 e. The summed E-state index contributed by atoms with van der Waals surface area (Å²) in [5, 5.41) is 0. The zero-order valence-electron chi connectivity index (χ0n) is 22.1. The molecule has 0 spiro atoms. The van der Waals surface area contributed by atoms with Crippen LogP contribution in [0.25, 0.3) is 0 Å². The van der Waals surface area contributed by atoms with E-state index in [1.54, 1.807) is 18.1 Å². The normalized spacial score (nSPS) is 19.8. The first-order valence-corrected chi connectivity index (χ1v) is 20.2. The van der Waals surface area contributed by atoms with Crippen molar-refractivity contribution in [3.8, 4) is 0 Å². The van der Waals surface area contributed by atoms with Crippen molar-refractivity contribution in [2.45, 2.75) is 174 Å². The summed E-state index contributed by atoms with van der Waals surface area (Å²) in [6.07, 6.45) is 20.8. The van der Waals surface area contributed by atoms with Gasteiger partial charge >= 0.3 is 0 Å². The first-order valence-electron chi connectivity index (χ1n) is 14.2. The molecule has 0 saturated carbocycles. The fourth-order valence-corrected chi connectivity index (χ4v) is 27.2. The van der Waals surface area contributed by atoms with Gasteiger partial charge in [0.05, 0.1) is 13.2 Å². The maximum Gasteiger partial charge on any atom is 0.181 e. The monoisotopic (exact) mass is 454 g/mol. The summed E-state index contributed by atoms with van der Waals surface area (Å²) < 4.78 is 7.88. The van der Waals surface area contributed by atoms with Crippen molar-refractivity contribution in [3.05, 3.63) is 0 Å². The minimum absolute atomic E-state index is 0.259. The second-order valence-electron chi connectivity index (χ2n) is 10.7. The van der Waals surface area contributed by atoms with Gasteiger partial charge in [-0.05, 0) is 31.4 Å². The smallest absolute Gasteiger partial charge is 0.181 e. The quantitative estimate of drug-likeness (QED) is 0.187. The molecule has 1 rings (SSSR count). The second kappa shape index (κ2) is 15.3. The van der Waals surface area contributed by atoms with Gasteiger partial charge in [0, 0.05) is 0 Å². The van der Waals surface area contributed by atoms with E-state index >= 15 is 0 Å². The summed E-state index contributed by atoms with van der Waals surface area (Å²) in [6.45, 7) is 14.4. The molecule has 0 atom stereocenters. The van der Waals surface area contributed by atoms with E-state index in [1.165, 1.54) is 108 Å². The molecule has 0 radical (unpaired) electrons. The van der Waals surface area contributed by atoms with Crippen molar-refractivity contribution in [1.82, 2.24) is 0 Å². The standard InChI is InChI=1S/C27H58OSi2/c1-7-13-19-27(20-14-8-2)21-26-29(22-15-9-3,23-16-10-4)30(28-27,24-17-11-5)25-18-12-6/h7-26H2,1-6H3. The predicted octanol–water partition coefficient (Wildman–Crippen LogP) is 10.2. The lowest BCUT2D eigenvalue weighted by Crippen LogP contribution is -2.71. The van der Waals surface area contributed by atoms with Gasteiger partial charge in [0.25, 0.3) is 0 Å². The third-order valence-corrected chi connectivity index (χ3v) is 27.1. The van der Waals surface area contributed by atoms with Crippen LogP contribution in [0.15, 0.2) is 0 Å². The van der Waals surface area contributed by atoms with Crippen molar-refractivity contribution in [3.63, 3.8) is 0 Å². The summed E-state index contributed by atoms with van der Waals surface area (Å²) in [4.78, 5) is 0. The number of hydrogen-bond donors (Lipinski definition) is 0. The Bertz CT molecular complexity index is 399. The van der Waals surface area contributed by atoms with Crippen LogP contribution in [-0.4, -0.2) is 21.0 Å². The van der Waals surface area contributed by atoms with Gasteiger partial charge in [-0.1, -0.05) is 137 Å². The highest BCUT2D eigenvalue weighted by molar-refractivity contribution is 7.40. The molecule has 0 aromatic rings. The Morgan fingerprint density at radius 2 is 0.967 bits per heavy atom. The Hall–Kier alpha value is 0.394. The average molecular weight is 455 g/mol. The molecule has 30 heavy (non-hydrogen) atoms. The topological polar surface area (TPSA) is 9.23 Å². The van der Waals surface area contributed by atoms with E-state index in [1.807, 2.05) is 0 Å². The van der Waals surface area contributed by atoms with Gasteiger partial charge in [-0.25, -0.2) is 0 Å².